The van der Waals surface area contributed by atoms with Crippen LogP contribution >= 0.6 is 0 Å². The summed E-state index contributed by atoms with van der Waals surface area (Å²) in [6.45, 7) is 0. The molecule has 2 aromatic heterocycles. The minimum Gasteiger partial charge on any atom is -0.467 e. The Bertz CT molecular complexity index is 952. The maximum Gasteiger partial charge on any atom is 0.328 e. The van der Waals surface area contributed by atoms with E-state index in [4.69, 9.17) is 9.15 Å². The number of ketones is 1. The maximum atomic E-state index is 13.1. The van der Waals surface area contributed by atoms with Crippen LogP contribution < -0.4 is 5.32 Å². The molecule has 0 saturated carbocycles. The molecule has 2 heterocycles. The molecule has 2 N–H and O–H groups in total. The molecule has 0 saturated heterocycles. The fourth-order valence-corrected chi connectivity index (χ4v) is 3.16. The number of nitrogens with zero attached hydrogens (tertiary/aromatic N) is 1. The molecule has 0 aliphatic heterocycles. The van der Waals surface area contributed by atoms with Crippen LogP contribution in [-0.4, -0.2) is 40.8 Å². The molecule has 0 bridgehead atoms. The van der Waals surface area contributed by atoms with E-state index in [9.17, 15) is 14.4 Å². The Kier molecular flexibility index (Phi) is 7.15. The molecule has 0 fully saturated rings. The Balaban J connectivity index is 1.76. The Morgan fingerprint density at radius 2 is 1.93 bits per heavy atom. The number of nitrogens with one attached hydrogen (secondary N) is 2. The maximum absolute atomic E-state index is 13.1. The number of amides is 1. The van der Waals surface area contributed by atoms with Crippen LogP contribution in [0.3, 0.4) is 0 Å². The van der Waals surface area contributed by atoms with Crippen molar-refractivity contribution in [2.24, 2.45) is 5.92 Å². The number of methoxy groups -OCH3 is 1. The van der Waals surface area contributed by atoms with Crippen molar-refractivity contribution in [2.45, 2.75) is 25.3 Å². The monoisotopic (exact) mass is 409 g/mol. The van der Waals surface area contributed by atoms with Crippen LogP contribution in [0.15, 0.2) is 65.7 Å². The van der Waals surface area contributed by atoms with Crippen LogP contribution in [0.25, 0.3) is 0 Å². The molecule has 156 valence electrons. The standard InChI is InChI=1S/C22H23N3O5/c1-29-22(28)18(12-17-13-23-14-24-17)25-21(27)16(10-15-6-3-2-4-7-15)11-19(26)20-8-5-9-30-20/h2-9,13-14,16,18H,10-12H2,1H3,(H,23,24)(H,25,27)/t16?,18-/m0/s1. The van der Waals surface area contributed by atoms with Gasteiger partial charge in [0, 0.05) is 30.7 Å². The molecule has 8 nitrogen and oxygen atoms in total. The molecule has 3 aromatic rings. The van der Waals surface area contributed by atoms with Gasteiger partial charge in [0.15, 0.2) is 11.5 Å². The number of H-pyrrole nitrogens is 1. The summed E-state index contributed by atoms with van der Waals surface area (Å²) in [4.78, 5) is 44.7. The van der Waals surface area contributed by atoms with Gasteiger partial charge < -0.3 is 19.5 Å². The number of esters is 1. The molecular weight excluding hydrogens is 386 g/mol. The molecule has 30 heavy (non-hydrogen) atoms. The first-order valence-corrected chi connectivity index (χ1v) is 9.53. The number of hydrogen-bond donors (Lipinski definition) is 2. The number of imidazole rings is 1. The molecule has 0 aliphatic rings. The van der Waals surface area contributed by atoms with Crippen molar-refractivity contribution >= 4 is 17.7 Å². The second-order valence-electron chi connectivity index (χ2n) is 6.86. The number of carbonyl (C=O) groups is 3. The first-order chi connectivity index (χ1) is 14.6. The van der Waals surface area contributed by atoms with Gasteiger partial charge in [-0.15, -0.1) is 0 Å². The normalized spacial score (nSPS) is 12.7. The SMILES string of the molecule is COC(=O)[C@H](Cc1cnc[nH]1)NC(=O)C(CC(=O)c1ccco1)Cc1ccccc1. The zero-order chi connectivity index (χ0) is 21.3. The van der Waals surface area contributed by atoms with E-state index in [1.165, 1.54) is 19.7 Å². The minimum atomic E-state index is -0.903. The van der Waals surface area contributed by atoms with Crippen molar-refractivity contribution in [2.75, 3.05) is 7.11 Å². The second kappa shape index (κ2) is 10.2. The second-order valence-corrected chi connectivity index (χ2v) is 6.86. The highest BCUT2D eigenvalue weighted by Crippen LogP contribution is 2.17. The number of Topliss-reactive ketones (excluding diaryl/α,β-unsaturated/α-hetero) is 1. The molecule has 0 aliphatic carbocycles. The van der Waals surface area contributed by atoms with E-state index in [2.05, 4.69) is 15.3 Å². The molecule has 0 spiro atoms. The van der Waals surface area contributed by atoms with Gasteiger partial charge in [-0.3, -0.25) is 9.59 Å². The highest BCUT2D eigenvalue weighted by atomic mass is 16.5. The summed E-state index contributed by atoms with van der Waals surface area (Å²) >= 11 is 0. The average molecular weight is 409 g/mol. The molecule has 1 unspecified atom stereocenters. The topological polar surface area (TPSA) is 114 Å². The predicted octanol–water partition coefficient (Wildman–Crippen LogP) is 2.33. The zero-order valence-corrected chi connectivity index (χ0v) is 16.5. The van der Waals surface area contributed by atoms with Crippen molar-refractivity contribution in [3.05, 3.63) is 78.3 Å². The lowest BCUT2D eigenvalue weighted by molar-refractivity contribution is -0.145. The van der Waals surface area contributed by atoms with E-state index < -0.39 is 23.8 Å². The Morgan fingerprint density at radius 3 is 2.57 bits per heavy atom. The zero-order valence-electron chi connectivity index (χ0n) is 16.5. The first kappa shape index (κ1) is 21.0. The van der Waals surface area contributed by atoms with Crippen molar-refractivity contribution in [1.29, 1.82) is 0 Å². The number of aromatic nitrogens is 2. The molecule has 3 rings (SSSR count). The number of hydrogen-bond acceptors (Lipinski definition) is 6. The number of ether oxygens (including phenoxy) is 1. The Labute approximate surface area is 173 Å². The lowest BCUT2D eigenvalue weighted by atomic mass is 9.92. The number of carbonyl (C=O) groups excluding carboxylic acids is 3. The first-order valence-electron chi connectivity index (χ1n) is 9.53. The third-order valence-corrected chi connectivity index (χ3v) is 4.70. The van der Waals surface area contributed by atoms with E-state index in [0.29, 0.717) is 12.1 Å². The van der Waals surface area contributed by atoms with Gasteiger partial charge in [-0.25, -0.2) is 9.78 Å². The highest BCUT2D eigenvalue weighted by Gasteiger charge is 2.29. The fraction of sp³-hybridized carbons (Fsp3) is 0.273. The van der Waals surface area contributed by atoms with E-state index in [1.807, 2.05) is 30.3 Å². The number of benzene rings is 1. The van der Waals surface area contributed by atoms with Gasteiger partial charge in [-0.05, 0) is 24.1 Å². The van der Waals surface area contributed by atoms with E-state index in [0.717, 1.165) is 5.56 Å². The Hall–Kier alpha value is -3.68. The van der Waals surface area contributed by atoms with Gasteiger partial charge in [-0.1, -0.05) is 30.3 Å². The summed E-state index contributed by atoms with van der Waals surface area (Å²) in [6, 6.07) is 11.7. The molecule has 1 aromatic carbocycles. The van der Waals surface area contributed by atoms with Crippen molar-refractivity contribution in [3.8, 4) is 0 Å². The number of furan rings is 1. The molecule has 2 atom stereocenters. The molecule has 1 amide bonds. The van der Waals surface area contributed by atoms with E-state index in [-0.39, 0.29) is 24.4 Å². The van der Waals surface area contributed by atoms with Gasteiger partial charge in [0.05, 0.1) is 19.7 Å². The van der Waals surface area contributed by atoms with Gasteiger partial charge in [0.1, 0.15) is 6.04 Å². The summed E-state index contributed by atoms with van der Waals surface area (Å²) in [6.07, 6.45) is 4.97. The lowest BCUT2D eigenvalue weighted by Crippen LogP contribution is -2.46. The van der Waals surface area contributed by atoms with Crippen LogP contribution in [0.5, 0.6) is 0 Å². The Morgan fingerprint density at radius 1 is 1.13 bits per heavy atom. The van der Waals surface area contributed by atoms with Crippen LogP contribution in [-0.2, 0) is 27.2 Å². The van der Waals surface area contributed by atoms with Crippen molar-refractivity contribution < 1.29 is 23.5 Å². The van der Waals surface area contributed by atoms with Crippen LogP contribution in [0.1, 0.15) is 28.2 Å². The summed E-state index contributed by atoms with van der Waals surface area (Å²) in [5, 5.41) is 2.73. The summed E-state index contributed by atoms with van der Waals surface area (Å²) in [5.74, 6) is -1.75. The van der Waals surface area contributed by atoms with E-state index >= 15 is 0 Å². The third-order valence-electron chi connectivity index (χ3n) is 4.70. The number of rotatable bonds is 10. The summed E-state index contributed by atoms with van der Waals surface area (Å²) in [7, 11) is 1.26. The van der Waals surface area contributed by atoms with Crippen molar-refractivity contribution in [1.82, 2.24) is 15.3 Å². The van der Waals surface area contributed by atoms with Crippen LogP contribution in [0.4, 0.5) is 0 Å². The van der Waals surface area contributed by atoms with Gasteiger partial charge >= 0.3 is 5.97 Å². The highest BCUT2D eigenvalue weighted by molar-refractivity contribution is 5.97. The largest absolute Gasteiger partial charge is 0.467 e. The van der Waals surface area contributed by atoms with Gasteiger partial charge in [0.25, 0.3) is 0 Å². The smallest absolute Gasteiger partial charge is 0.328 e. The summed E-state index contributed by atoms with van der Waals surface area (Å²) in [5.41, 5.74) is 1.59. The molecule has 8 heteroatoms. The van der Waals surface area contributed by atoms with Gasteiger partial charge in [-0.2, -0.15) is 0 Å². The van der Waals surface area contributed by atoms with E-state index in [1.54, 1.807) is 18.3 Å². The third kappa shape index (κ3) is 5.66. The van der Waals surface area contributed by atoms with Crippen LogP contribution in [0.2, 0.25) is 0 Å². The van der Waals surface area contributed by atoms with Crippen LogP contribution in [0, 0.1) is 5.92 Å². The fourth-order valence-electron chi connectivity index (χ4n) is 3.16. The van der Waals surface area contributed by atoms with Crippen molar-refractivity contribution in [3.63, 3.8) is 0 Å². The average Bonchev–Trinajstić information content (AvgIpc) is 3.47. The molecular formula is C22H23N3O5. The number of aromatic amines is 1. The lowest BCUT2D eigenvalue weighted by Gasteiger charge is -2.21. The minimum absolute atomic E-state index is 0.0494. The quantitative estimate of drug-likeness (QED) is 0.392. The predicted molar refractivity (Wildman–Crippen MR) is 108 cm³/mol. The van der Waals surface area contributed by atoms with Gasteiger partial charge in [0.2, 0.25) is 5.91 Å². The molecule has 0 radical (unpaired) electrons. The summed E-state index contributed by atoms with van der Waals surface area (Å²) < 4.78 is 10.00.